The van der Waals surface area contributed by atoms with Crippen molar-refractivity contribution in [2.24, 2.45) is 11.8 Å². The van der Waals surface area contributed by atoms with Crippen molar-refractivity contribution in [2.75, 3.05) is 0 Å². The molecule has 1 unspecified atom stereocenters. The van der Waals surface area contributed by atoms with Gasteiger partial charge in [0.1, 0.15) is 0 Å². The van der Waals surface area contributed by atoms with Crippen LogP contribution in [0, 0.1) is 12.8 Å². The van der Waals surface area contributed by atoms with Crippen molar-refractivity contribution in [3.05, 3.63) is 41.6 Å². The first-order chi connectivity index (χ1) is 8.61. The lowest BCUT2D eigenvalue weighted by molar-refractivity contribution is 0.440. The van der Waals surface area contributed by atoms with E-state index in [1.54, 1.807) is 0 Å². The number of nitrogens with zero attached hydrogens (tertiary/aromatic N) is 1. The van der Waals surface area contributed by atoms with Crippen molar-refractivity contribution in [2.45, 2.75) is 33.2 Å². The van der Waals surface area contributed by atoms with Crippen LogP contribution >= 0.6 is 0 Å². The normalized spacial score (nSPS) is 13.2. The Balaban J connectivity index is 2.54. The number of para-hydroxylation sites is 1. The third kappa shape index (κ3) is 2.68. The molecule has 3 heteroatoms. The minimum atomic E-state index is 0.177. The maximum atomic E-state index is 5.72. The van der Waals surface area contributed by atoms with E-state index in [1.165, 1.54) is 10.9 Å². The maximum absolute atomic E-state index is 5.72. The van der Waals surface area contributed by atoms with Crippen LogP contribution in [0.5, 0.6) is 0 Å². The van der Waals surface area contributed by atoms with Gasteiger partial charge in [0.15, 0.2) is 0 Å². The largest absolute Gasteiger partial charge is 0.271 e. The van der Waals surface area contributed by atoms with Gasteiger partial charge in [-0.3, -0.25) is 16.3 Å². The summed E-state index contributed by atoms with van der Waals surface area (Å²) in [6.45, 7) is 6.44. The van der Waals surface area contributed by atoms with Crippen LogP contribution in [0.1, 0.15) is 37.6 Å². The fourth-order valence-electron chi connectivity index (χ4n) is 2.38. The highest BCUT2D eigenvalue weighted by atomic mass is 15.2. The maximum Gasteiger partial charge on any atom is 0.0708 e. The van der Waals surface area contributed by atoms with Gasteiger partial charge in [0.25, 0.3) is 0 Å². The van der Waals surface area contributed by atoms with E-state index in [0.29, 0.717) is 5.92 Å². The molecule has 3 nitrogen and oxygen atoms in total. The van der Waals surface area contributed by atoms with Gasteiger partial charge in [-0.05, 0) is 37.0 Å². The third-order valence-corrected chi connectivity index (χ3v) is 3.16. The lowest BCUT2D eigenvalue weighted by Crippen LogP contribution is -2.29. The first kappa shape index (κ1) is 13.0. The SMILES string of the molecule is Cc1cc(C(CC(C)C)NN)c2ccccc2n1. The number of benzene rings is 1. The van der Waals surface area contributed by atoms with Crippen molar-refractivity contribution < 1.29 is 0 Å². The van der Waals surface area contributed by atoms with Crippen molar-refractivity contribution in [1.29, 1.82) is 0 Å². The number of rotatable bonds is 4. The summed E-state index contributed by atoms with van der Waals surface area (Å²) in [7, 11) is 0. The predicted octanol–water partition coefficient (Wildman–Crippen LogP) is 3.09. The second kappa shape index (κ2) is 5.46. The topological polar surface area (TPSA) is 50.9 Å². The Hall–Kier alpha value is -1.45. The molecule has 96 valence electrons. The van der Waals surface area contributed by atoms with Gasteiger partial charge >= 0.3 is 0 Å². The zero-order valence-electron chi connectivity index (χ0n) is 11.3. The summed E-state index contributed by atoms with van der Waals surface area (Å²) >= 11 is 0. The van der Waals surface area contributed by atoms with Crippen LogP contribution in [0.2, 0.25) is 0 Å². The fourth-order valence-corrected chi connectivity index (χ4v) is 2.38. The summed E-state index contributed by atoms with van der Waals surface area (Å²) in [5.74, 6) is 6.32. The van der Waals surface area contributed by atoms with E-state index in [-0.39, 0.29) is 6.04 Å². The molecule has 1 heterocycles. The molecule has 18 heavy (non-hydrogen) atoms. The molecule has 0 saturated heterocycles. The van der Waals surface area contributed by atoms with Crippen molar-refractivity contribution in [3.63, 3.8) is 0 Å². The van der Waals surface area contributed by atoms with E-state index in [9.17, 15) is 0 Å². The second-order valence-corrected chi connectivity index (χ2v) is 5.22. The fraction of sp³-hybridized carbons (Fsp3) is 0.400. The van der Waals surface area contributed by atoms with E-state index in [2.05, 4.69) is 42.5 Å². The van der Waals surface area contributed by atoms with E-state index in [4.69, 9.17) is 5.84 Å². The molecule has 0 bridgehead atoms. The monoisotopic (exact) mass is 243 g/mol. The summed E-state index contributed by atoms with van der Waals surface area (Å²) in [6.07, 6.45) is 1.02. The first-order valence-electron chi connectivity index (χ1n) is 6.44. The second-order valence-electron chi connectivity index (χ2n) is 5.22. The molecule has 0 radical (unpaired) electrons. The van der Waals surface area contributed by atoms with Crippen LogP contribution in [-0.2, 0) is 0 Å². The summed E-state index contributed by atoms with van der Waals surface area (Å²) in [5, 5.41) is 1.19. The van der Waals surface area contributed by atoms with E-state index in [1.807, 2.05) is 19.1 Å². The van der Waals surface area contributed by atoms with Gasteiger partial charge in [-0.2, -0.15) is 0 Å². The summed E-state index contributed by atoms with van der Waals surface area (Å²) in [6, 6.07) is 10.5. The summed E-state index contributed by atoms with van der Waals surface area (Å²) in [5.41, 5.74) is 6.26. The molecule has 3 N–H and O–H groups in total. The van der Waals surface area contributed by atoms with Gasteiger partial charge < -0.3 is 0 Å². The molecule has 2 rings (SSSR count). The standard InChI is InChI=1S/C15H21N3/c1-10(2)8-15(18-16)13-9-11(3)17-14-7-5-4-6-12(13)14/h4-7,9-10,15,18H,8,16H2,1-3H3. The van der Waals surface area contributed by atoms with Gasteiger partial charge in [-0.25, -0.2) is 0 Å². The third-order valence-electron chi connectivity index (χ3n) is 3.16. The summed E-state index contributed by atoms with van der Waals surface area (Å²) in [4.78, 5) is 4.56. The molecule has 0 aliphatic carbocycles. The number of pyridine rings is 1. The lowest BCUT2D eigenvalue weighted by atomic mass is 9.94. The van der Waals surface area contributed by atoms with Gasteiger partial charge in [0, 0.05) is 17.1 Å². The quantitative estimate of drug-likeness (QED) is 0.641. The smallest absolute Gasteiger partial charge is 0.0708 e. The van der Waals surface area contributed by atoms with Crippen molar-refractivity contribution in [1.82, 2.24) is 10.4 Å². The van der Waals surface area contributed by atoms with E-state index < -0.39 is 0 Å². The average Bonchev–Trinajstić information content (AvgIpc) is 2.34. The van der Waals surface area contributed by atoms with E-state index >= 15 is 0 Å². The van der Waals surface area contributed by atoms with Crippen LogP contribution in [0.25, 0.3) is 10.9 Å². The number of fused-ring (bicyclic) bond motifs is 1. The van der Waals surface area contributed by atoms with Crippen LogP contribution in [0.4, 0.5) is 0 Å². The average molecular weight is 243 g/mol. The van der Waals surface area contributed by atoms with Gasteiger partial charge in [0.2, 0.25) is 0 Å². The molecular weight excluding hydrogens is 222 g/mol. The molecule has 0 aliphatic rings. The van der Waals surface area contributed by atoms with Crippen molar-refractivity contribution >= 4 is 10.9 Å². The molecule has 0 aliphatic heterocycles. The highest BCUT2D eigenvalue weighted by Gasteiger charge is 2.15. The van der Waals surface area contributed by atoms with Crippen molar-refractivity contribution in [3.8, 4) is 0 Å². The van der Waals surface area contributed by atoms with Crippen LogP contribution in [0.15, 0.2) is 30.3 Å². The molecule has 0 spiro atoms. The first-order valence-corrected chi connectivity index (χ1v) is 6.44. The Bertz CT molecular complexity index is 534. The molecule has 1 aromatic heterocycles. The number of hydrazine groups is 1. The number of hydrogen-bond donors (Lipinski definition) is 2. The number of nitrogens with two attached hydrogens (primary N) is 1. The van der Waals surface area contributed by atoms with Gasteiger partial charge in [-0.1, -0.05) is 32.0 Å². The lowest BCUT2D eigenvalue weighted by Gasteiger charge is -2.20. The molecular formula is C15H21N3. The Morgan fingerprint density at radius 3 is 2.67 bits per heavy atom. The minimum Gasteiger partial charge on any atom is -0.271 e. The number of hydrogen-bond acceptors (Lipinski definition) is 3. The van der Waals surface area contributed by atoms with E-state index in [0.717, 1.165) is 17.6 Å². The highest BCUT2D eigenvalue weighted by Crippen LogP contribution is 2.27. The number of nitrogens with one attached hydrogen (secondary N) is 1. The molecule has 1 atom stereocenters. The molecule has 0 amide bonds. The minimum absolute atomic E-state index is 0.177. The zero-order chi connectivity index (χ0) is 13.1. The van der Waals surface area contributed by atoms with Gasteiger partial charge in [0.05, 0.1) is 5.52 Å². The summed E-state index contributed by atoms with van der Waals surface area (Å²) < 4.78 is 0. The Kier molecular flexibility index (Phi) is 3.94. The Morgan fingerprint density at radius 2 is 2.00 bits per heavy atom. The van der Waals surface area contributed by atoms with Crippen LogP contribution < -0.4 is 11.3 Å². The Labute approximate surface area is 108 Å². The van der Waals surface area contributed by atoms with Crippen LogP contribution in [0.3, 0.4) is 0 Å². The number of aryl methyl sites for hydroxylation is 1. The highest BCUT2D eigenvalue weighted by molar-refractivity contribution is 5.82. The molecule has 1 aromatic carbocycles. The zero-order valence-corrected chi connectivity index (χ0v) is 11.3. The van der Waals surface area contributed by atoms with Gasteiger partial charge in [-0.15, -0.1) is 0 Å². The predicted molar refractivity (Wildman–Crippen MR) is 76.0 cm³/mol. The van der Waals surface area contributed by atoms with Crippen LogP contribution in [-0.4, -0.2) is 4.98 Å². The molecule has 0 saturated carbocycles. The molecule has 2 aromatic rings. The number of aromatic nitrogens is 1. The molecule has 0 fully saturated rings. The Morgan fingerprint density at radius 1 is 1.28 bits per heavy atom.